The standard InChI is InChI=1S/C20H28O3.C6H12O6/c1-18-7-5-16-14(6-9-23-16)15(18)4-8-19-10-13(2-3-17(18)19)20(22,11-19)12-21;7-1-3(9)5(11)6(12)4(10)2-8/h6,9,13,15,17,21-22H,2-5,7-8,10-12H2,1H3;1,3-6,8-12H,2H2/t13-,15-,17+,18-,19+,20+;3-,4+,5+,6+/m10/s1. The predicted molar refractivity (Wildman–Crippen MR) is 124 cm³/mol. The van der Waals surface area contributed by atoms with Crippen LogP contribution in [-0.4, -0.2) is 85.3 Å². The Morgan fingerprint density at radius 3 is 2.51 bits per heavy atom. The Morgan fingerprint density at radius 2 is 1.86 bits per heavy atom. The molecule has 3 fully saturated rings. The smallest absolute Gasteiger partial charge is 0.151 e. The minimum atomic E-state index is -1.79. The number of hydrogen-bond acceptors (Lipinski definition) is 9. The van der Waals surface area contributed by atoms with Crippen LogP contribution >= 0.6 is 0 Å². The minimum Gasteiger partial charge on any atom is -0.469 e. The van der Waals surface area contributed by atoms with E-state index in [2.05, 4.69) is 13.0 Å². The number of carbonyl (C=O) groups excluding carboxylic acids is 1. The van der Waals surface area contributed by atoms with Gasteiger partial charge in [0.2, 0.25) is 0 Å². The quantitative estimate of drug-likeness (QED) is 0.273. The fourth-order valence-corrected chi connectivity index (χ4v) is 8.12. The van der Waals surface area contributed by atoms with Crippen molar-refractivity contribution in [2.45, 2.75) is 94.2 Å². The molecule has 7 N–H and O–H groups in total. The zero-order valence-electron chi connectivity index (χ0n) is 20.3. The van der Waals surface area contributed by atoms with Gasteiger partial charge >= 0.3 is 0 Å². The van der Waals surface area contributed by atoms with Gasteiger partial charge in [0.1, 0.15) is 30.2 Å². The molecule has 0 aliphatic heterocycles. The van der Waals surface area contributed by atoms with Crippen molar-refractivity contribution in [1.29, 1.82) is 0 Å². The highest BCUT2D eigenvalue weighted by atomic mass is 16.4. The fraction of sp³-hybridized carbons (Fsp3) is 0.808. The van der Waals surface area contributed by atoms with E-state index in [1.165, 1.54) is 37.0 Å². The third-order valence-electron chi connectivity index (χ3n) is 9.88. The molecule has 0 radical (unpaired) electrons. The maximum Gasteiger partial charge on any atom is 0.151 e. The summed E-state index contributed by atoms with van der Waals surface area (Å²) in [5.74, 6) is 2.85. The van der Waals surface area contributed by atoms with Gasteiger partial charge in [0, 0.05) is 6.42 Å². The van der Waals surface area contributed by atoms with E-state index in [0.717, 1.165) is 25.7 Å². The van der Waals surface area contributed by atoms with E-state index in [1.54, 1.807) is 0 Å². The van der Waals surface area contributed by atoms with E-state index in [9.17, 15) is 15.0 Å². The monoisotopic (exact) mass is 496 g/mol. The van der Waals surface area contributed by atoms with Gasteiger partial charge < -0.3 is 45.0 Å². The summed E-state index contributed by atoms with van der Waals surface area (Å²) in [6, 6.07) is 2.21. The van der Waals surface area contributed by atoms with Crippen LogP contribution in [0.25, 0.3) is 0 Å². The largest absolute Gasteiger partial charge is 0.469 e. The summed E-state index contributed by atoms with van der Waals surface area (Å²) < 4.78 is 5.72. The van der Waals surface area contributed by atoms with Crippen LogP contribution in [0.4, 0.5) is 0 Å². The van der Waals surface area contributed by atoms with Crippen LogP contribution in [0.1, 0.15) is 69.1 Å². The van der Waals surface area contributed by atoms with Gasteiger partial charge in [0.25, 0.3) is 0 Å². The SMILES string of the molecule is C[C@@]12CCc3occc3[C@H]1CC[C@@]13C[C@@H](CC[C@H]12)[C@@](O)(CO)C3.O=C[C@H](O)[C@@H](O)[C@H](O)[C@H](O)CO. The number of aryl methyl sites for hydroxylation is 1. The van der Waals surface area contributed by atoms with Gasteiger partial charge in [-0.1, -0.05) is 6.92 Å². The number of rotatable bonds is 6. The number of furan rings is 1. The summed E-state index contributed by atoms with van der Waals surface area (Å²) in [4.78, 5) is 9.90. The Bertz CT molecular complexity index is 888. The van der Waals surface area contributed by atoms with Crippen molar-refractivity contribution in [1.82, 2.24) is 0 Å². The molecule has 9 heteroatoms. The number of aldehydes is 1. The average Bonchev–Trinajstić information content (AvgIpc) is 3.42. The van der Waals surface area contributed by atoms with Gasteiger partial charge in [-0.15, -0.1) is 0 Å². The Morgan fingerprint density at radius 1 is 1.11 bits per heavy atom. The molecule has 35 heavy (non-hydrogen) atoms. The summed E-state index contributed by atoms with van der Waals surface area (Å²) in [5.41, 5.74) is 1.26. The highest BCUT2D eigenvalue weighted by Crippen LogP contribution is 2.71. The van der Waals surface area contributed by atoms with E-state index < -0.39 is 36.6 Å². The van der Waals surface area contributed by atoms with E-state index >= 15 is 0 Å². The number of carbonyl (C=O) groups is 1. The molecule has 0 amide bonds. The Balaban J connectivity index is 0.000000207. The second kappa shape index (κ2) is 9.85. The first-order valence-electron chi connectivity index (χ1n) is 12.7. The Labute approximate surface area is 205 Å². The molecule has 0 saturated heterocycles. The molecule has 0 unspecified atom stereocenters. The van der Waals surface area contributed by atoms with Crippen LogP contribution in [0.3, 0.4) is 0 Å². The third-order valence-corrected chi connectivity index (χ3v) is 9.88. The highest BCUT2D eigenvalue weighted by molar-refractivity contribution is 5.56. The normalized spacial score (nSPS) is 40.7. The Hall–Kier alpha value is -1.33. The van der Waals surface area contributed by atoms with Crippen LogP contribution in [0.5, 0.6) is 0 Å². The van der Waals surface area contributed by atoms with Crippen LogP contribution in [-0.2, 0) is 11.2 Å². The first-order valence-corrected chi connectivity index (χ1v) is 12.7. The van der Waals surface area contributed by atoms with E-state index in [1.807, 2.05) is 6.26 Å². The lowest BCUT2D eigenvalue weighted by molar-refractivity contribution is -0.136. The van der Waals surface area contributed by atoms with Crippen molar-refractivity contribution >= 4 is 6.29 Å². The van der Waals surface area contributed by atoms with Gasteiger partial charge in [-0.25, -0.2) is 0 Å². The molecule has 10 atom stereocenters. The molecule has 1 spiro atoms. The topological polar surface area (TPSA) is 172 Å². The molecule has 4 aliphatic carbocycles. The number of aliphatic hydroxyl groups is 7. The second-order valence-electron chi connectivity index (χ2n) is 11.6. The van der Waals surface area contributed by atoms with Crippen molar-refractivity contribution in [3.63, 3.8) is 0 Å². The molecule has 1 aromatic rings. The fourth-order valence-electron chi connectivity index (χ4n) is 8.12. The van der Waals surface area contributed by atoms with Crippen molar-refractivity contribution in [2.24, 2.45) is 22.7 Å². The predicted octanol–water partition coefficient (Wildman–Crippen LogP) is 0.260. The highest BCUT2D eigenvalue weighted by Gasteiger charge is 2.65. The number of hydrogen-bond donors (Lipinski definition) is 7. The molecule has 9 nitrogen and oxygen atoms in total. The maximum absolute atomic E-state index is 10.9. The first-order chi connectivity index (χ1) is 16.5. The summed E-state index contributed by atoms with van der Waals surface area (Å²) in [6.07, 6.45) is 4.02. The lowest BCUT2D eigenvalue weighted by atomic mass is 9.45. The Kier molecular flexibility index (Phi) is 7.52. The molecule has 0 aromatic carbocycles. The summed E-state index contributed by atoms with van der Waals surface area (Å²) in [5, 5.41) is 64.3. The summed E-state index contributed by atoms with van der Waals surface area (Å²) in [6.45, 7) is 1.69. The number of fused-ring (bicyclic) bond motifs is 5. The lowest BCUT2D eigenvalue weighted by Gasteiger charge is -2.59. The van der Waals surface area contributed by atoms with Gasteiger partial charge in [-0.2, -0.15) is 0 Å². The zero-order valence-corrected chi connectivity index (χ0v) is 20.3. The van der Waals surface area contributed by atoms with Crippen molar-refractivity contribution < 1.29 is 45.0 Å². The second-order valence-corrected chi connectivity index (χ2v) is 11.6. The number of aliphatic hydroxyl groups excluding tert-OH is 6. The lowest BCUT2D eigenvalue weighted by Crippen LogP contribution is -2.51. The molecule has 198 valence electrons. The van der Waals surface area contributed by atoms with Gasteiger partial charge in [-0.05, 0) is 85.2 Å². The first kappa shape index (κ1) is 26.7. The average molecular weight is 497 g/mol. The van der Waals surface area contributed by atoms with E-state index in [-0.39, 0.29) is 18.3 Å². The van der Waals surface area contributed by atoms with Crippen LogP contribution in [0.2, 0.25) is 0 Å². The van der Waals surface area contributed by atoms with E-state index in [0.29, 0.717) is 23.2 Å². The summed E-state index contributed by atoms with van der Waals surface area (Å²) in [7, 11) is 0. The maximum atomic E-state index is 10.9. The van der Waals surface area contributed by atoms with Gasteiger partial charge in [0.05, 0.1) is 25.1 Å². The van der Waals surface area contributed by atoms with Crippen molar-refractivity contribution in [3.05, 3.63) is 23.7 Å². The molecule has 1 heterocycles. The molecular weight excluding hydrogens is 456 g/mol. The van der Waals surface area contributed by atoms with Gasteiger partial charge in [0.15, 0.2) is 6.29 Å². The third kappa shape index (κ3) is 4.39. The molecule has 5 rings (SSSR count). The molecule has 4 aliphatic rings. The van der Waals surface area contributed by atoms with Crippen molar-refractivity contribution in [3.8, 4) is 0 Å². The summed E-state index contributed by atoms with van der Waals surface area (Å²) >= 11 is 0. The molecule has 2 bridgehead atoms. The molecule has 3 saturated carbocycles. The van der Waals surface area contributed by atoms with Crippen LogP contribution in [0.15, 0.2) is 16.7 Å². The van der Waals surface area contributed by atoms with Gasteiger partial charge in [-0.3, -0.25) is 0 Å². The van der Waals surface area contributed by atoms with Crippen LogP contribution < -0.4 is 0 Å². The molecule has 1 aromatic heterocycles. The van der Waals surface area contributed by atoms with Crippen LogP contribution in [0, 0.1) is 22.7 Å². The molecular formula is C26H40O9. The van der Waals surface area contributed by atoms with Crippen molar-refractivity contribution in [2.75, 3.05) is 13.2 Å². The van der Waals surface area contributed by atoms with E-state index in [4.69, 9.17) is 29.9 Å². The minimum absolute atomic E-state index is 0.0258. The zero-order chi connectivity index (χ0) is 25.6.